The van der Waals surface area contributed by atoms with Crippen LogP contribution in [-0.4, -0.2) is 0 Å². The van der Waals surface area contributed by atoms with Crippen molar-refractivity contribution in [1.82, 2.24) is 0 Å². The van der Waals surface area contributed by atoms with Crippen molar-refractivity contribution in [3.05, 3.63) is 11.1 Å². The summed E-state index contributed by atoms with van der Waals surface area (Å²) in [6.07, 6.45) is 0. The van der Waals surface area contributed by atoms with Crippen molar-refractivity contribution in [3.63, 3.8) is 0 Å². The quantitative estimate of drug-likeness (QED) is 0.498. The Bertz CT molecular complexity index is 76.1. The highest BCUT2D eigenvalue weighted by Crippen LogP contribution is 2.01. The summed E-state index contributed by atoms with van der Waals surface area (Å²) in [5, 5.41) is 1.63. The minimum Gasteiger partial charge on any atom is -0.401 e. The second-order valence-corrected chi connectivity index (χ2v) is 2.04. The van der Waals surface area contributed by atoms with E-state index in [4.69, 9.17) is 5.73 Å². The molecule has 0 aromatic heterocycles. The molecule has 0 heterocycles. The molecule has 0 saturated carbocycles. The first-order chi connectivity index (χ1) is 3.18. The highest BCUT2D eigenvalue weighted by molar-refractivity contribution is 7.83. The average Bonchev–Trinajstić information content (AvgIpc) is 1.65. The van der Waals surface area contributed by atoms with E-state index in [0.717, 1.165) is 5.70 Å². The first-order valence-corrected chi connectivity index (χ1v) is 2.80. The van der Waals surface area contributed by atoms with Crippen LogP contribution in [0.25, 0.3) is 0 Å². The fourth-order valence-corrected chi connectivity index (χ4v) is 0.447. The predicted molar refractivity (Wildman–Crippen MR) is 36.1 cm³/mol. The molecule has 0 unspecified atom stereocenters. The summed E-state index contributed by atoms with van der Waals surface area (Å²) in [4.78, 5) is 0. The zero-order valence-corrected chi connectivity index (χ0v) is 5.57. The minimum atomic E-state index is 0.428. The molecule has 0 saturated heterocycles. The smallest absolute Gasteiger partial charge is 0.0168 e. The van der Waals surface area contributed by atoms with Gasteiger partial charge in [0.15, 0.2) is 0 Å². The zero-order valence-electron chi connectivity index (χ0n) is 4.68. The number of hydrogen-bond acceptors (Lipinski definition) is 2. The maximum absolute atomic E-state index is 5.40. The van der Waals surface area contributed by atoms with E-state index in [1.165, 1.54) is 0 Å². The van der Waals surface area contributed by atoms with Gasteiger partial charge >= 0.3 is 0 Å². The van der Waals surface area contributed by atoms with Crippen LogP contribution in [0.2, 0.25) is 0 Å². The van der Waals surface area contributed by atoms with Gasteiger partial charge in [0.25, 0.3) is 0 Å². The molecule has 0 aromatic rings. The van der Waals surface area contributed by atoms with Crippen LogP contribution in [0.3, 0.4) is 0 Å². The molecule has 0 aliphatic heterocycles. The van der Waals surface area contributed by atoms with Crippen LogP contribution in [0.15, 0.2) is 11.1 Å². The van der Waals surface area contributed by atoms with Gasteiger partial charge in [0.2, 0.25) is 0 Å². The van der Waals surface area contributed by atoms with Crippen molar-refractivity contribution in [2.45, 2.75) is 13.8 Å². The van der Waals surface area contributed by atoms with E-state index < -0.39 is 0 Å². The third-order valence-electron chi connectivity index (χ3n) is 0.816. The first kappa shape index (κ1) is 6.89. The molecule has 0 bridgehead atoms. The molecular weight excluding hydrogens is 106 g/mol. The topological polar surface area (TPSA) is 26.0 Å². The summed E-state index contributed by atoms with van der Waals surface area (Å²) in [7, 11) is 0. The Morgan fingerprint density at radius 3 is 2.14 bits per heavy atom. The fourth-order valence-electron chi connectivity index (χ4n) is 0.149. The predicted octanol–water partition coefficient (Wildman–Crippen LogP) is 1.37. The molecule has 0 fully saturated rings. The van der Waals surface area contributed by atoms with Crippen molar-refractivity contribution in [3.8, 4) is 0 Å². The van der Waals surface area contributed by atoms with Gasteiger partial charge in [-0.25, -0.2) is 0 Å². The van der Waals surface area contributed by atoms with Gasteiger partial charge in [0.05, 0.1) is 0 Å². The SMILES string of the molecule is CC(C)/C(N)=C/S. The summed E-state index contributed by atoms with van der Waals surface area (Å²) >= 11 is 3.87. The van der Waals surface area contributed by atoms with Gasteiger partial charge < -0.3 is 5.73 Å². The molecule has 0 spiro atoms. The van der Waals surface area contributed by atoms with Gasteiger partial charge in [-0.3, -0.25) is 0 Å². The molecule has 1 nitrogen and oxygen atoms in total. The van der Waals surface area contributed by atoms with Gasteiger partial charge in [0.1, 0.15) is 0 Å². The molecule has 7 heavy (non-hydrogen) atoms. The molecule has 0 aliphatic rings. The summed E-state index contributed by atoms with van der Waals surface area (Å²) < 4.78 is 0. The fraction of sp³-hybridized carbons (Fsp3) is 0.600. The standard InChI is InChI=1S/C5H11NS/c1-4(2)5(6)3-7/h3-4,7H,6H2,1-2H3/b5-3-. The second kappa shape index (κ2) is 2.97. The van der Waals surface area contributed by atoms with Crippen molar-refractivity contribution in [1.29, 1.82) is 0 Å². The van der Waals surface area contributed by atoms with E-state index >= 15 is 0 Å². The Labute approximate surface area is 50.0 Å². The largest absolute Gasteiger partial charge is 0.401 e. The van der Waals surface area contributed by atoms with E-state index in [-0.39, 0.29) is 0 Å². The zero-order chi connectivity index (χ0) is 5.86. The van der Waals surface area contributed by atoms with E-state index in [9.17, 15) is 0 Å². The Balaban J connectivity index is 3.56. The highest BCUT2D eigenvalue weighted by atomic mass is 32.1. The van der Waals surface area contributed by atoms with Crippen molar-refractivity contribution < 1.29 is 0 Å². The van der Waals surface area contributed by atoms with Crippen molar-refractivity contribution in [2.24, 2.45) is 11.7 Å². The summed E-state index contributed by atoms with van der Waals surface area (Å²) in [6, 6.07) is 0. The molecule has 0 amide bonds. The van der Waals surface area contributed by atoms with Gasteiger partial charge in [-0.1, -0.05) is 13.8 Å². The van der Waals surface area contributed by atoms with Crippen LogP contribution in [0, 0.1) is 5.92 Å². The van der Waals surface area contributed by atoms with Gasteiger partial charge in [-0.15, -0.1) is 12.6 Å². The lowest BCUT2D eigenvalue weighted by molar-refractivity contribution is 0.760. The molecule has 2 N–H and O–H groups in total. The third-order valence-corrected chi connectivity index (χ3v) is 1.11. The van der Waals surface area contributed by atoms with Crippen LogP contribution >= 0.6 is 12.6 Å². The first-order valence-electron chi connectivity index (χ1n) is 2.28. The summed E-state index contributed by atoms with van der Waals surface area (Å²) in [6.45, 7) is 4.06. The Hall–Kier alpha value is -0.110. The molecule has 42 valence electrons. The molecule has 2 heteroatoms. The van der Waals surface area contributed by atoms with E-state index in [1.54, 1.807) is 5.41 Å². The normalized spacial score (nSPS) is 12.9. The Morgan fingerprint density at radius 2 is 2.14 bits per heavy atom. The summed E-state index contributed by atoms with van der Waals surface area (Å²) in [5.41, 5.74) is 6.24. The number of rotatable bonds is 1. The average molecular weight is 117 g/mol. The van der Waals surface area contributed by atoms with Gasteiger partial charge in [-0.05, 0) is 11.3 Å². The van der Waals surface area contributed by atoms with Crippen molar-refractivity contribution >= 4 is 12.6 Å². The molecule has 0 atom stereocenters. The summed E-state index contributed by atoms with van der Waals surface area (Å²) in [5.74, 6) is 0.428. The van der Waals surface area contributed by atoms with E-state index in [2.05, 4.69) is 12.6 Å². The number of nitrogens with two attached hydrogens (primary N) is 1. The van der Waals surface area contributed by atoms with E-state index in [1.807, 2.05) is 13.8 Å². The van der Waals surface area contributed by atoms with Crippen LogP contribution in [0.4, 0.5) is 0 Å². The lowest BCUT2D eigenvalue weighted by Gasteiger charge is -2.00. The maximum atomic E-state index is 5.40. The highest BCUT2D eigenvalue weighted by Gasteiger charge is 1.91. The Morgan fingerprint density at radius 1 is 1.71 bits per heavy atom. The van der Waals surface area contributed by atoms with Crippen molar-refractivity contribution in [2.75, 3.05) is 0 Å². The van der Waals surface area contributed by atoms with Crippen LogP contribution < -0.4 is 5.73 Å². The molecular formula is C5H11NS. The lowest BCUT2D eigenvalue weighted by Crippen LogP contribution is -2.02. The van der Waals surface area contributed by atoms with Crippen LogP contribution in [0.5, 0.6) is 0 Å². The molecule has 0 radical (unpaired) electrons. The monoisotopic (exact) mass is 117 g/mol. The van der Waals surface area contributed by atoms with Gasteiger partial charge in [0, 0.05) is 5.70 Å². The van der Waals surface area contributed by atoms with Gasteiger partial charge in [-0.2, -0.15) is 0 Å². The number of allylic oxidation sites excluding steroid dienone is 1. The molecule has 0 aromatic carbocycles. The minimum absolute atomic E-state index is 0.428. The lowest BCUT2D eigenvalue weighted by atomic mass is 10.2. The second-order valence-electron chi connectivity index (χ2n) is 1.78. The maximum Gasteiger partial charge on any atom is 0.0168 e. The number of thiol groups is 1. The molecule has 0 aliphatic carbocycles. The number of hydrogen-bond donors (Lipinski definition) is 2. The van der Waals surface area contributed by atoms with E-state index in [0.29, 0.717) is 5.92 Å². The van der Waals surface area contributed by atoms with Crippen LogP contribution in [0.1, 0.15) is 13.8 Å². The Kier molecular flexibility index (Phi) is 2.92. The molecule has 0 rings (SSSR count). The third kappa shape index (κ3) is 2.57. The van der Waals surface area contributed by atoms with Crippen LogP contribution in [-0.2, 0) is 0 Å².